The van der Waals surface area contributed by atoms with Gasteiger partial charge in [-0.2, -0.15) is 0 Å². The molecule has 1 aromatic carbocycles. The molecule has 0 spiro atoms. The van der Waals surface area contributed by atoms with Gasteiger partial charge in [-0.25, -0.2) is 0 Å². The second-order valence-corrected chi connectivity index (χ2v) is 5.70. The van der Waals surface area contributed by atoms with Gasteiger partial charge in [0.15, 0.2) is 0 Å². The summed E-state index contributed by atoms with van der Waals surface area (Å²) in [5.41, 5.74) is 1.40. The molecule has 1 heterocycles. The van der Waals surface area contributed by atoms with Crippen molar-refractivity contribution in [3.8, 4) is 11.5 Å². The number of methoxy groups -OCH3 is 2. The first-order valence-corrected chi connectivity index (χ1v) is 7.51. The van der Waals surface area contributed by atoms with Crippen LogP contribution in [0.4, 0.5) is 0 Å². The molecule has 4 nitrogen and oxygen atoms in total. The van der Waals surface area contributed by atoms with Gasteiger partial charge in [0.25, 0.3) is 5.91 Å². The quantitative estimate of drug-likeness (QED) is 0.918. The van der Waals surface area contributed by atoms with E-state index in [4.69, 9.17) is 9.47 Å². The van der Waals surface area contributed by atoms with Crippen molar-refractivity contribution in [2.45, 2.75) is 19.9 Å². The van der Waals surface area contributed by atoms with E-state index in [1.807, 2.05) is 31.4 Å². The van der Waals surface area contributed by atoms with Crippen molar-refractivity contribution in [1.82, 2.24) is 5.32 Å². The largest absolute Gasteiger partial charge is 0.496 e. The summed E-state index contributed by atoms with van der Waals surface area (Å²) in [5.74, 6) is 1.14. The van der Waals surface area contributed by atoms with Gasteiger partial charge in [-0.15, -0.1) is 11.3 Å². The number of rotatable bonds is 5. The number of hydrogen-bond acceptors (Lipinski definition) is 4. The number of carbonyl (C=O) groups excluding carboxylic acids is 1. The minimum Gasteiger partial charge on any atom is -0.496 e. The van der Waals surface area contributed by atoms with Crippen LogP contribution < -0.4 is 14.8 Å². The van der Waals surface area contributed by atoms with Crippen molar-refractivity contribution in [2.75, 3.05) is 14.2 Å². The first kappa shape index (κ1) is 15.4. The van der Waals surface area contributed by atoms with Crippen LogP contribution in [0, 0.1) is 6.92 Å². The lowest BCUT2D eigenvalue weighted by atomic mass is 10.1. The monoisotopic (exact) mass is 305 g/mol. The zero-order chi connectivity index (χ0) is 15.4. The van der Waals surface area contributed by atoms with Crippen LogP contribution in [0.3, 0.4) is 0 Å². The molecule has 112 valence electrons. The molecule has 5 heteroatoms. The van der Waals surface area contributed by atoms with Crippen molar-refractivity contribution in [2.24, 2.45) is 0 Å². The maximum atomic E-state index is 12.4. The summed E-state index contributed by atoms with van der Waals surface area (Å²) in [4.78, 5) is 13.5. The molecular formula is C16H19NO3S. The molecule has 0 aliphatic rings. The zero-order valence-electron chi connectivity index (χ0n) is 12.6. The van der Waals surface area contributed by atoms with E-state index in [-0.39, 0.29) is 11.9 Å². The Bertz CT molecular complexity index is 597. The SMILES string of the molecule is COc1cc(C(=O)NC(C)c2cccs2)cc(OC)c1C. The highest BCUT2D eigenvalue weighted by atomic mass is 32.1. The van der Waals surface area contributed by atoms with Gasteiger partial charge in [-0.1, -0.05) is 6.07 Å². The fourth-order valence-corrected chi connectivity index (χ4v) is 2.84. The van der Waals surface area contributed by atoms with Gasteiger partial charge < -0.3 is 14.8 Å². The maximum absolute atomic E-state index is 12.4. The third-order valence-electron chi connectivity index (χ3n) is 3.33. The van der Waals surface area contributed by atoms with Crippen LogP contribution in [0.2, 0.25) is 0 Å². The van der Waals surface area contributed by atoms with Gasteiger partial charge in [0, 0.05) is 16.0 Å². The van der Waals surface area contributed by atoms with Crippen molar-refractivity contribution >= 4 is 17.2 Å². The molecule has 0 aliphatic heterocycles. The molecular weight excluding hydrogens is 286 g/mol. The fourth-order valence-electron chi connectivity index (χ4n) is 2.11. The van der Waals surface area contributed by atoms with Gasteiger partial charge >= 0.3 is 0 Å². The lowest BCUT2D eigenvalue weighted by Gasteiger charge is -2.15. The Labute approximate surface area is 128 Å². The van der Waals surface area contributed by atoms with Crippen LogP contribution in [0.5, 0.6) is 11.5 Å². The Kier molecular flexibility index (Phi) is 4.85. The standard InChI is InChI=1S/C16H19NO3S/c1-10-13(19-3)8-12(9-14(10)20-4)16(18)17-11(2)15-6-5-7-21-15/h5-9,11H,1-4H3,(H,17,18). The summed E-state index contributed by atoms with van der Waals surface area (Å²) in [7, 11) is 3.16. The van der Waals surface area contributed by atoms with Crippen molar-refractivity contribution < 1.29 is 14.3 Å². The fraction of sp³-hybridized carbons (Fsp3) is 0.312. The summed E-state index contributed by atoms with van der Waals surface area (Å²) in [5, 5.41) is 4.98. The van der Waals surface area contributed by atoms with Gasteiger partial charge in [-0.05, 0) is 37.4 Å². The van der Waals surface area contributed by atoms with Crippen molar-refractivity contribution in [3.05, 3.63) is 45.6 Å². The third-order valence-corrected chi connectivity index (χ3v) is 4.39. The van der Waals surface area contributed by atoms with Crippen LogP contribution in [0.15, 0.2) is 29.6 Å². The van der Waals surface area contributed by atoms with E-state index >= 15 is 0 Å². The van der Waals surface area contributed by atoms with Crippen LogP contribution in [-0.2, 0) is 0 Å². The van der Waals surface area contributed by atoms with Crippen molar-refractivity contribution in [1.29, 1.82) is 0 Å². The lowest BCUT2D eigenvalue weighted by Crippen LogP contribution is -2.26. The molecule has 1 N–H and O–H groups in total. The average Bonchev–Trinajstić information content (AvgIpc) is 3.01. The normalized spacial score (nSPS) is 11.8. The first-order valence-electron chi connectivity index (χ1n) is 6.63. The Balaban J connectivity index is 2.23. The molecule has 0 radical (unpaired) electrons. The second kappa shape index (κ2) is 6.63. The van der Waals surface area contributed by atoms with Crippen LogP contribution in [-0.4, -0.2) is 20.1 Å². The van der Waals surface area contributed by atoms with Crippen LogP contribution in [0.25, 0.3) is 0 Å². The topological polar surface area (TPSA) is 47.6 Å². The predicted molar refractivity (Wildman–Crippen MR) is 84.5 cm³/mol. The molecule has 0 aliphatic carbocycles. The summed E-state index contributed by atoms with van der Waals surface area (Å²) < 4.78 is 10.6. The lowest BCUT2D eigenvalue weighted by molar-refractivity contribution is 0.0939. The first-order chi connectivity index (χ1) is 10.1. The highest BCUT2D eigenvalue weighted by Crippen LogP contribution is 2.29. The second-order valence-electron chi connectivity index (χ2n) is 4.72. The molecule has 2 aromatic rings. The Morgan fingerprint density at radius 2 is 1.86 bits per heavy atom. The smallest absolute Gasteiger partial charge is 0.252 e. The van der Waals surface area contributed by atoms with E-state index in [1.54, 1.807) is 37.7 Å². The highest BCUT2D eigenvalue weighted by molar-refractivity contribution is 7.10. The zero-order valence-corrected chi connectivity index (χ0v) is 13.4. The molecule has 2 rings (SSSR count). The van der Waals surface area contributed by atoms with Gasteiger partial charge in [0.1, 0.15) is 11.5 Å². The summed E-state index contributed by atoms with van der Waals surface area (Å²) in [6, 6.07) is 7.41. The summed E-state index contributed by atoms with van der Waals surface area (Å²) >= 11 is 1.62. The highest BCUT2D eigenvalue weighted by Gasteiger charge is 2.16. The molecule has 0 bridgehead atoms. The van der Waals surface area contributed by atoms with E-state index in [0.717, 1.165) is 10.4 Å². The average molecular weight is 305 g/mol. The number of ether oxygens (including phenoxy) is 2. The molecule has 1 unspecified atom stereocenters. The molecule has 21 heavy (non-hydrogen) atoms. The van der Waals surface area contributed by atoms with Gasteiger partial charge in [0.05, 0.1) is 20.3 Å². The molecule has 0 fully saturated rings. The minimum atomic E-state index is -0.146. The van der Waals surface area contributed by atoms with E-state index < -0.39 is 0 Å². The third kappa shape index (κ3) is 3.36. The summed E-state index contributed by atoms with van der Waals surface area (Å²) in [6.45, 7) is 3.86. The molecule has 0 saturated carbocycles. The van der Waals surface area contributed by atoms with E-state index in [9.17, 15) is 4.79 Å². The van der Waals surface area contributed by atoms with Crippen LogP contribution in [0.1, 0.15) is 33.8 Å². The minimum absolute atomic E-state index is 0.0317. The molecule has 1 aromatic heterocycles. The number of nitrogens with one attached hydrogen (secondary N) is 1. The summed E-state index contributed by atoms with van der Waals surface area (Å²) in [6.07, 6.45) is 0. The van der Waals surface area contributed by atoms with Gasteiger partial charge in [0.2, 0.25) is 0 Å². The van der Waals surface area contributed by atoms with Crippen LogP contribution >= 0.6 is 11.3 Å². The Morgan fingerprint density at radius 3 is 2.33 bits per heavy atom. The van der Waals surface area contributed by atoms with E-state index in [0.29, 0.717) is 17.1 Å². The number of amides is 1. The number of thiophene rings is 1. The number of benzene rings is 1. The number of carbonyl (C=O) groups is 1. The van der Waals surface area contributed by atoms with Gasteiger partial charge in [-0.3, -0.25) is 4.79 Å². The van der Waals surface area contributed by atoms with E-state index in [1.165, 1.54) is 0 Å². The van der Waals surface area contributed by atoms with Crippen molar-refractivity contribution in [3.63, 3.8) is 0 Å². The Hall–Kier alpha value is -2.01. The van der Waals surface area contributed by atoms with E-state index in [2.05, 4.69) is 5.32 Å². The number of hydrogen-bond donors (Lipinski definition) is 1. The Morgan fingerprint density at radius 1 is 1.24 bits per heavy atom. The predicted octanol–water partition coefficient (Wildman–Crippen LogP) is 3.56. The molecule has 1 amide bonds. The molecule has 1 atom stereocenters. The maximum Gasteiger partial charge on any atom is 0.252 e. The molecule has 0 saturated heterocycles.